The zero-order valence-electron chi connectivity index (χ0n) is 20.9. The Balaban J connectivity index is 1.43. The molecule has 3 aromatic rings. The van der Waals surface area contributed by atoms with Crippen molar-refractivity contribution in [2.24, 2.45) is 0 Å². The van der Waals surface area contributed by atoms with Crippen LogP contribution in [0.5, 0.6) is 5.75 Å². The first-order valence-corrected chi connectivity index (χ1v) is 12.0. The second kappa shape index (κ2) is 14.0. The molecular formula is C28H30N4O6. The summed E-state index contributed by atoms with van der Waals surface area (Å²) in [5.74, 6) is -1.44. The molecule has 0 saturated carbocycles. The van der Waals surface area contributed by atoms with Gasteiger partial charge in [-0.2, -0.15) is 0 Å². The Morgan fingerprint density at radius 1 is 0.842 bits per heavy atom. The molecule has 10 heteroatoms. The van der Waals surface area contributed by atoms with Crippen molar-refractivity contribution in [3.63, 3.8) is 0 Å². The summed E-state index contributed by atoms with van der Waals surface area (Å²) in [6.45, 7) is -0.272. The molecule has 4 amide bonds. The molecule has 0 radical (unpaired) electrons. The highest BCUT2D eigenvalue weighted by Gasteiger charge is 2.18. The first kappa shape index (κ1) is 27.7. The summed E-state index contributed by atoms with van der Waals surface area (Å²) in [5.41, 5.74) is 3.16. The number of ether oxygens (including phenoxy) is 1. The van der Waals surface area contributed by atoms with Crippen molar-refractivity contribution >= 4 is 29.5 Å². The molecule has 0 aromatic heterocycles. The zero-order chi connectivity index (χ0) is 27.3. The molecule has 0 bridgehead atoms. The van der Waals surface area contributed by atoms with E-state index in [2.05, 4.69) is 21.3 Å². The van der Waals surface area contributed by atoms with Crippen molar-refractivity contribution < 1.29 is 29.0 Å². The van der Waals surface area contributed by atoms with Crippen LogP contribution in [0, 0.1) is 0 Å². The van der Waals surface area contributed by atoms with Crippen molar-refractivity contribution in [1.29, 1.82) is 0 Å². The lowest BCUT2D eigenvalue weighted by Gasteiger charge is -2.18. The number of amides is 4. The third kappa shape index (κ3) is 8.98. The third-order valence-corrected chi connectivity index (χ3v) is 5.55. The fraction of sp³-hybridized carbons (Fsp3) is 0.214. The van der Waals surface area contributed by atoms with E-state index in [0.717, 1.165) is 11.1 Å². The van der Waals surface area contributed by atoms with Gasteiger partial charge in [0.05, 0.1) is 26.1 Å². The van der Waals surface area contributed by atoms with Crippen molar-refractivity contribution in [2.45, 2.75) is 18.9 Å². The molecule has 5 N–H and O–H groups in total. The van der Waals surface area contributed by atoms with Crippen LogP contribution in [0.15, 0.2) is 78.9 Å². The predicted molar refractivity (Wildman–Crippen MR) is 143 cm³/mol. The summed E-state index contributed by atoms with van der Waals surface area (Å²) in [5, 5.41) is 19.6. The number of urea groups is 1. The van der Waals surface area contributed by atoms with Crippen LogP contribution in [0.1, 0.15) is 24.4 Å². The minimum absolute atomic E-state index is 0.0433. The van der Waals surface area contributed by atoms with E-state index < -0.39 is 29.9 Å². The summed E-state index contributed by atoms with van der Waals surface area (Å²) in [4.78, 5) is 47.9. The maximum Gasteiger partial charge on any atom is 0.319 e. The number of hydrogen-bond donors (Lipinski definition) is 5. The van der Waals surface area contributed by atoms with Crippen LogP contribution in [0.25, 0.3) is 11.1 Å². The van der Waals surface area contributed by atoms with E-state index in [9.17, 15) is 24.3 Å². The molecule has 0 aliphatic carbocycles. The van der Waals surface area contributed by atoms with E-state index >= 15 is 0 Å². The van der Waals surface area contributed by atoms with Gasteiger partial charge in [-0.1, -0.05) is 60.7 Å². The Bertz CT molecular complexity index is 1250. The van der Waals surface area contributed by atoms with Crippen LogP contribution in [0.2, 0.25) is 0 Å². The lowest BCUT2D eigenvalue weighted by atomic mass is 9.99. The lowest BCUT2D eigenvalue weighted by Crippen LogP contribution is -2.40. The van der Waals surface area contributed by atoms with Crippen molar-refractivity contribution in [2.75, 3.05) is 25.5 Å². The standard InChI is InChI=1S/C28H30N4O6/c1-38-23-9-5-8-22(16-23)31-28(37)29-15-14-25(33)30-18-26(34)32-24(17-27(35)36)21-12-10-20(11-13-21)19-6-3-2-4-7-19/h2-13,16,24H,14-15,17-18H2,1H3,(H,30,33)(H,32,34)(H,35,36)(H2,29,31,37). The number of aliphatic carboxylic acids is 1. The van der Waals surface area contributed by atoms with Gasteiger partial charge in [0, 0.05) is 24.7 Å². The number of hydrogen-bond acceptors (Lipinski definition) is 5. The predicted octanol–water partition coefficient (Wildman–Crippen LogP) is 3.32. The lowest BCUT2D eigenvalue weighted by molar-refractivity contribution is -0.138. The summed E-state index contributed by atoms with van der Waals surface area (Å²) in [6.07, 6.45) is -0.352. The zero-order valence-corrected chi connectivity index (χ0v) is 20.9. The van der Waals surface area contributed by atoms with Crippen LogP contribution >= 0.6 is 0 Å². The van der Waals surface area contributed by atoms with Gasteiger partial charge in [0.2, 0.25) is 11.8 Å². The number of carboxylic acids is 1. The van der Waals surface area contributed by atoms with E-state index in [4.69, 9.17) is 4.74 Å². The highest BCUT2D eigenvalue weighted by atomic mass is 16.5. The van der Waals surface area contributed by atoms with Gasteiger partial charge in [-0.3, -0.25) is 14.4 Å². The van der Waals surface area contributed by atoms with Crippen molar-refractivity contribution in [3.8, 4) is 16.9 Å². The van der Waals surface area contributed by atoms with Crippen LogP contribution in [-0.2, 0) is 14.4 Å². The van der Waals surface area contributed by atoms with Gasteiger partial charge < -0.3 is 31.1 Å². The molecule has 0 spiro atoms. The molecule has 0 aliphatic heterocycles. The van der Waals surface area contributed by atoms with E-state index in [1.54, 1.807) is 36.4 Å². The quantitative estimate of drug-likeness (QED) is 0.249. The van der Waals surface area contributed by atoms with Gasteiger partial charge in [-0.15, -0.1) is 0 Å². The number of methoxy groups -OCH3 is 1. The van der Waals surface area contributed by atoms with Gasteiger partial charge >= 0.3 is 12.0 Å². The topological polar surface area (TPSA) is 146 Å². The first-order valence-electron chi connectivity index (χ1n) is 12.0. The van der Waals surface area contributed by atoms with Gasteiger partial charge in [-0.05, 0) is 28.8 Å². The summed E-state index contributed by atoms with van der Waals surface area (Å²) in [6, 6.07) is 22.6. The number of carbonyl (C=O) groups is 4. The number of rotatable bonds is 12. The molecule has 198 valence electrons. The average Bonchev–Trinajstić information content (AvgIpc) is 2.92. The minimum Gasteiger partial charge on any atom is -0.497 e. The van der Waals surface area contributed by atoms with Crippen LogP contribution in [0.3, 0.4) is 0 Å². The van der Waals surface area contributed by atoms with E-state index in [1.807, 2.05) is 42.5 Å². The molecule has 38 heavy (non-hydrogen) atoms. The fourth-order valence-corrected chi connectivity index (χ4v) is 3.64. The molecule has 0 saturated heterocycles. The molecule has 0 heterocycles. The van der Waals surface area contributed by atoms with Crippen molar-refractivity contribution in [1.82, 2.24) is 16.0 Å². The van der Waals surface area contributed by atoms with Crippen molar-refractivity contribution in [3.05, 3.63) is 84.4 Å². The Kier molecular flexibility index (Phi) is 10.2. The monoisotopic (exact) mass is 518 g/mol. The smallest absolute Gasteiger partial charge is 0.319 e. The maximum atomic E-state index is 12.4. The second-order valence-electron chi connectivity index (χ2n) is 8.35. The van der Waals surface area contributed by atoms with Crippen LogP contribution in [-0.4, -0.2) is 49.1 Å². The largest absolute Gasteiger partial charge is 0.497 e. The van der Waals surface area contributed by atoms with Gasteiger partial charge in [0.15, 0.2) is 0 Å². The molecular weight excluding hydrogens is 488 g/mol. The normalized spacial score (nSPS) is 11.1. The Labute approximate surface area is 220 Å². The van der Waals surface area contributed by atoms with Crippen LogP contribution in [0.4, 0.5) is 10.5 Å². The SMILES string of the molecule is COc1cccc(NC(=O)NCCC(=O)NCC(=O)NC(CC(=O)O)c2ccc(-c3ccccc3)cc2)c1. The highest BCUT2D eigenvalue weighted by Crippen LogP contribution is 2.23. The fourth-order valence-electron chi connectivity index (χ4n) is 3.64. The first-order chi connectivity index (χ1) is 18.3. The summed E-state index contributed by atoms with van der Waals surface area (Å²) >= 11 is 0. The van der Waals surface area contributed by atoms with E-state index in [-0.39, 0.29) is 25.9 Å². The van der Waals surface area contributed by atoms with Gasteiger partial charge in [0.1, 0.15) is 5.75 Å². The van der Waals surface area contributed by atoms with Gasteiger partial charge in [0.25, 0.3) is 0 Å². The molecule has 1 atom stereocenters. The van der Waals surface area contributed by atoms with E-state index in [1.165, 1.54) is 7.11 Å². The Hall–Kier alpha value is -4.86. The summed E-state index contributed by atoms with van der Waals surface area (Å²) in [7, 11) is 1.52. The maximum absolute atomic E-state index is 12.4. The van der Waals surface area contributed by atoms with Crippen LogP contribution < -0.4 is 26.0 Å². The number of carboxylic acid groups (broad SMARTS) is 1. The Morgan fingerprint density at radius 2 is 1.55 bits per heavy atom. The minimum atomic E-state index is -1.07. The second-order valence-corrected chi connectivity index (χ2v) is 8.35. The summed E-state index contributed by atoms with van der Waals surface area (Å²) < 4.78 is 5.10. The third-order valence-electron chi connectivity index (χ3n) is 5.55. The number of anilines is 1. The van der Waals surface area contributed by atoms with Gasteiger partial charge in [-0.25, -0.2) is 4.79 Å². The highest BCUT2D eigenvalue weighted by molar-refractivity contribution is 5.90. The molecule has 0 fully saturated rings. The molecule has 10 nitrogen and oxygen atoms in total. The Morgan fingerprint density at radius 3 is 2.24 bits per heavy atom. The number of nitrogens with one attached hydrogen (secondary N) is 4. The average molecular weight is 519 g/mol. The number of carbonyl (C=O) groups excluding carboxylic acids is 3. The van der Waals surface area contributed by atoms with E-state index in [0.29, 0.717) is 17.0 Å². The molecule has 3 rings (SSSR count). The molecule has 3 aromatic carbocycles. The molecule has 0 aliphatic rings. The molecule has 1 unspecified atom stereocenters. The number of benzene rings is 3.